The highest BCUT2D eigenvalue weighted by atomic mass is 16.5. The molecular weight excluding hydrogens is 496 g/mol. The monoisotopic (exact) mass is 526 g/mol. The van der Waals surface area contributed by atoms with Crippen molar-refractivity contribution in [3.63, 3.8) is 0 Å². The van der Waals surface area contributed by atoms with Gasteiger partial charge in [-0.05, 0) is 22.3 Å². The summed E-state index contributed by atoms with van der Waals surface area (Å²) in [6.07, 6.45) is 0. The predicted molar refractivity (Wildman–Crippen MR) is 172 cm³/mol. The molecule has 0 aliphatic heterocycles. The van der Waals surface area contributed by atoms with Crippen LogP contribution in [-0.4, -0.2) is 0 Å². The Balaban J connectivity index is 1.71. The Hall–Kier alpha value is -5.40. The minimum atomic E-state index is 0.797. The summed E-state index contributed by atoms with van der Waals surface area (Å²) in [4.78, 5) is 0. The zero-order valence-corrected chi connectivity index (χ0v) is 22.7. The highest BCUT2D eigenvalue weighted by Gasteiger charge is 2.22. The van der Waals surface area contributed by atoms with E-state index in [0.717, 1.165) is 56.0 Å². The Morgan fingerprint density at radius 3 is 0.659 bits per heavy atom. The molecule has 0 aromatic heterocycles. The zero-order chi connectivity index (χ0) is 27.7. The smallest absolute Gasteiger partial charge is 0.143 e. The molecular formula is C40H30O. The lowest BCUT2D eigenvalue weighted by atomic mass is 9.92. The molecule has 6 aromatic carbocycles. The molecule has 41 heavy (non-hydrogen) atoms. The maximum atomic E-state index is 7.32. The largest absolute Gasteiger partial charge is 0.455 e. The summed E-state index contributed by atoms with van der Waals surface area (Å²) in [6, 6.07) is 62.8. The van der Waals surface area contributed by atoms with Crippen molar-refractivity contribution in [2.24, 2.45) is 0 Å². The zero-order valence-electron chi connectivity index (χ0n) is 22.7. The average molecular weight is 527 g/mol. The predicted octanol–water partition coefficient (Wildman–Crippen LogP) is 10.2. The standard InChI is InChI=1S/C40H30O/c1-7-19-31(20-8-1)37(32-21-9-2-10-22-32)39(35-27-15-5-16-28-35)41-40(36-29-17-6-18-30-36)38(33-23-11-3-12-24-33)34-25-13-4-14-26-34/h1-30H. The van der Waals surface area contributed by atoms with E-state index in [2.05, 4.69) is 146 Å². The van der Waals surface area contributed by atoms with Crippen LogP contribution in [0.25, 0.3) is 22.7 Å². The molecule has 0 saturated carbocycles. The molecule has 1 nitrogen and oxygen atoms in total. The lowest BCUT2D eigenvalue weighted by Gasteiger charge is -2.23. The second-order valence-corrected chi connectivity index (χ2v) is 9.71. The Morgan fingerprint density at radius 2 is 0.439 bits per heavy atom. The first kappa shape index (κ1) is 25.9. The molecule has 6 rings (SSSR count). The third-order valence-electron chi connectivity index (χ3n) is 6.98. The Morgan fingerprint density at radius 1 is 0.244 bits per heavy atom. The molecule has 0 saturated heterocycles. The molecule has 196 valence electrons. The van der Waals surface area contributed by atoms with Crippen LogP contribution in [0, 0.1) is 0 Å². The Bertz CT molecular complexity index is 1520. The summed E-state index contributed by atoms with van der Waals surface area (Å²) in [7, 11) is 0. The maximum Gasteiger partial charge on any atom is 0.143 e. The van der Waals surface area contributed by atoms with Gasteiger partial charge in [0.1, 0.15) is 11.5 Å². The fourth-order valence-electron chi connectivity index (χ4n) is 5.07. The van der Waals surface area contributed by atoms with Gasteiger partial charge >= 0.3 is 0 Å². The summed E-state index contributed by atoms with van der Waals surface area (Å²) >= 11 is 0. The minimum absolute atomic E-state index is 0.797. The van der Waals surface area contributed by atoms with Crippen molar-refractivity contribution in [3.8, 4) is 0 Å². The van der Waals surface area contributed by atoms with Crippen LogP contribution >= 0.6 is 0 Å². The van der Waals surface area contributed by atoms with Gasteiger partial charge in [0.2, 0.25) is 0 Å². The highest BCUT2D eigenvalue weighted by Crippen LogP contribution is 2.40. The van der Waals surface area contributed by atoms with Crippen LogP contribution in [0.5, 0.6) is 0 Å². The fraction of sp³-hybridized carbons (Fsp3) is 0. The molecule has 0 aliphatic carbocycles. The third kappa shape index (κ3) is 5.95. The van der Waals surface area contributed by atoms with Crippen LogP contribution in [-0.2, 0) is 4.74 Å². The molecule has 0 radical (unpaired) electrons. The van der Waals surface area contributed by atoms with Gasteiger partial charge in [0.05, 0.1) is 0 Å². The molecule has 0 atom stereocenters. The summed E-state index contributed by atoms with van der Waals surface area (Å²) in [5.74, 6) is 1.59. The van der Waals surface area contributed by atoms with E-state index < -0.39 is 0 Å². The molecule has 1 heteroatoms. The van der Waals surface area contributed by atoms with Gasteiger partial charge in [-0.2, -0.15) is 0 Å². The van der Waals surface area contributed by atoms with Gasteiger partial charge in [-0.1, -0.05) is 182 Å². The maximum absolute atomic E-state index is 7.32. The summed E-state index contributed by atoms with van der Waals surface area (Å²) in [5, 5.41) is 0. The summed E-state index contributed by atoms with van der Waals surface area (Å²) in [6.45, 7) is 0. The van der Waals surface area contributed by atoms with Crippen molar-refractivity contribution in [2.75, 3.05) is 0 Å². The fourth-order valence-corrected chi connectivity index (χ4v) is 5.07. The van der Waals surface area contributed by atoms with Gasteiger partial charge < -0.3 is 4.74 Å². The molecule has 0 unspecified atom stereocenters. The van der Waals surface area contributed by atoms with Crippen LogP contribution in [0.1, 0.15) is 33.4 Å². The van der Waals surface area contributed by atoms with Gasteiger partial charge in [-0.15, -0.1) is 0 Å². The van der Waals surface area contributed by atoms with Crippen LogP contribution in [0.2, 0.25) is 0 Å². The van der Waals surface area contributed by atoms with Gasteiger partial charge in [0.25, 0.3) is 0 Å². The quantitative estimate of drug-likeness (QED) is 0.142. The van der Waals surface area contributed by atoms with E-state index in [9.17, 15) is 0 Å². The van der Waals surface area contributed by atoms with Crippen molar-refractivity contribution < 1.29 is 4.74 Å². The number of ether oxygens (including phenoxy) is 1. The van der Waals surface area contributed by atoms with Crippen molar-refractivity contribution in [2.45, 2.75) is 0 Å². The first-order chi connectivity index (χ1) is 20.4. The second-order valence-electron chi connectivity index (χ2n) is 9.71. The lowest BCUT2D eigenvalue weighted by molar-refractivity contribution is 0.474. The van der Waals surface area contributed by atoms with E-state index in [1.54, 1.807) is 0 Å². The Kier molecular flexibility index (Phi) is 7.97. The van der Waals surface area contributed by atoms with Gasteiger partial charge in [-0.3, -0.25) is 0 Å². The molecule has 0 N–H and O–H groups in total. The first-order valence-corrected chi connectivity index (χ1v) is 13.9. The molecule has 6 aromatic rings. The van der Waals surface area contributed by atoms with Crippen LogP contribution < -0.4 is 0 Å². The number of rotatable bonds is 8. The van der Waals surface area contributed by atoms with E-state index in [4.69, 9.17) is 4.74 Å². The Labute approximate surface area is 242 Å². The summed E-state index contributed by atoms with van der Waals surface area (Å²) in [5.41, 5.74) is 8.43. The first-order valence-electron chi connectivity index (χ1n) is 13.9. The molecule has 0 heterocycles. The van der Waals surface area contributed by atoms with E-state index in [-0.39, 0.29) is 0 Å². The molecule has 0 spiro atoms. The number of hydrogen-bond acceptors (Lipinski definition) is 1. The van der Waals surface area contributed by atoms with Crippen LogP contribution in [0.4, 0.5) is 0 Å². The highest BCUT2D eigenvalue weighted by molar-refractivity contribution is 6.01. The van der Waals surface area contributed by atoms with Gasteiger partial charge in [0, 0.05) is 22.3 Å². The van der Waals surface area contributed by atoms with Crippen molar-refractivity contribution in [3.05, 3.63) is 215 Å². The van der Waals surface area contributed by atoms with Crippen LogP contribution in [0.15, 0.2) is 182 Å². The molecule has 0 aliphatic rings. The lowest BCUT2D eigenvalue weighted by Crippen LogP contribution is -2.03. The van der Waals surface area contributed by atoms with Crippen molar-refractivity contribution >= 4 is 22.7 Å². The van der Waals surface area contributed by atoms with E-state index >= 15 is 0 Å². The number of hydrogen-bond donors (Lipinski definition) is 0. The molecule has 0 bridgehead atoms. The normalized spacial score (nSPS) is 10.4. The van der Waals surface area contributed by atoms with Crippen molar-refractivity contribution in [1.29, 1.82) is 0 Å². The van der Waals surface area contributed by atoms with Gasteiger partial charge in [0.15, 0.2) is 0 Å². The average Bonchev–Trinajstić information content (AvgIpc) is 3.07. The number of benzene rings is 6. The van der Waals surface area contributed by atoms with E-state index in [0.29, 0.717) is 0 Å². The molecule has 0 amide bonds. The molecule has 0 fully saturated rings. The minimum Gasteiger partial charge on any atom is -0.455 e. The van der Waals surface area contributed by atoms with Gasteiger partial charge in [-0.25, -0.2) is 0 Å². The third-order valence-corrected chi connectivity index (χ3v) is 6.98. The van der Waals surface area contributed by atoms with E-state index in [1.165, 1.54) is 0 Å². The van der Waals surface area contributed by atoms with Crippen molar-refractivity contribution in [1.82, 2.24) is 0 Å². The summed E-state index contributed by atoms with van der Waals surface area (Å²) < 4.78 is 7.32. The van der Waals surface area contributed by atoms with Crippen LogP contribution in [0.3, 0.4) is 0 Å². The topological polar surface area (TPSA) is 9.23 Å². The second kappa shape index (κ2) is 12.6. The van der Waals surface area contributed by atoms with E-state index in [1.807, 2.05) is 36.4 Å². The SMILES string of the molecule is c1ccc(C(OC(=C(c2ccccc2)c2ccccc2)c2ccccc2)=C(c2ccccc2)c2ccccc2)cc1.